The van der Waals surface area contributed by atoms with E-state index in [1.165, 1.54) is 15.7 Å². The molecule has 0 aromatic heterocycles. The van der Waals surface area contributed by atoms with Gasteiger partial charge >= 0.3 is 5.97 Å². The van der Waals surface area contributed by atoms with Crippen LogP contribution in [-0.4, -0.2) is 78.7 Å². The Morgan fingerprint density at radius 2 is 1.91 bits per heavy atom. The maximum Gasteiger partial charge on any atom is 0.313 e. The van der Waals surface area contributed by atoms with E-state index < -0.39 is 21.6 Å². The summed E-state index contributed by atoms with van der Waals surface area (Å²) in [5.41, 5.74) is -1.17. The van der Waals surface area contributed by atoms with E-state index in [1.807, 2.05) is 0 Å². The van der Waals surface area contributed by atoms with Gasteiger partial charge in [0.05, 0.1) is 0 Å². The summed E-state index contributed by atoms with van der Waals surface area (Å²) in [5, 5.41) is 9.73. The summed E-state index contributed by atoms with van der Waals surface area (Å²) >= 11 is 0. The van der Waals surface area contributed by atoms with E-state index in [0.29, 0.717) is 13.1 Å². The number of carboxylic acids is 1. The first-order chi connectivity index (χ1) is 10.7. The number of aliphatic carboxylic acids is 1. The zero-order valence-corrected chi connectivity index (χ0v) is 14.3. The second-order valence-corrected chi connectivity index (χ2v) is 8.90. The molecule has 1 aliphatic carbocycles. The average molecular weight is 345 g/mol. The number of nitrogens with zero attached hydrogens (tertiary/aromatic N) is 3. The van der Waals surface area contributed by atoms with Crippen molar-refractivity contribution in [1.29, 1.82) is 0 Å². The van der Waals surface area contributed by atoms with Crippen LogP contribution in [0.1, 0.15) is 19.8 Å². The van der Waals surface area contributed by atoms with Gasteiger partial charge in [0.25, 0.3) is 10.2 Å². The Bertz CT molecular complexity index is 632. The van der Waals surface area contributed by atoms with E-state index in [-0.39, 0.29) is 37.4 Å². The lowest BCUT2D eigenvalue weighted by Crippen LogP contribution is -2.46. The van der Waals surface area contributed by atoms with E-state index in [9.17, 15) is 23.1 Å². The molecule has 3 aliphatic rings. The van der Waals surface area contributed by atoms with E-state index in [0.717, 1.165) is 12.8 Å². The van der Waals surface area contributed by atoms with Crippen molar-refractivity contribution < 1.29 is 23.1 Å². The van der Waals surface area contributed by atoms with Crippen LogP contribution in [0.4, 0.5) is 0 Å². The van der Waals surface area contributed by atoms with Crippen molar-refractivity contribution in [2.75, 3.05) is 39.8 Å². The van der Waals surface area contributed by atoms with Crippen LogP contribution < -0.4 is 0 Å². The van der Waals surface area contributed by atoms with Gasteiger partial charge in [0, 0.05) is 51.6 Å². The highest BCUT2D eigenvalue weighted by Gasteiger charge is 2.61. The Morgan fingerprint density at radius 3 is 2.39 bits per heavy atom. The Labute approximate surface area is 136 Å². The van der Waals surface area contributed by atoms with E-state index in [1.54, 1.807) is 11.8 Å². The molecule has 0 spiro atoms. The molecule has 0 unspecified atom stereocenters. The molecular weight excluding hydrogens is 322 g/mol. The van der Waals surface area contributed by atoms with Gasteiger partial charge in [-0.05, 0) is 12.8 Å². The van der Waals surface area contributed by atoms with Crippen LogP contribution in [-0.2, 0) is 19.8 Å². The fraction of sp³-hybridized carbons (Fsp3) is 0.857. The predicted octanol–water partition coefficient (Wildman–Crippen LogP) is -0.562. The first-order valence-electron chi connectivity index (χ1n) is 7.96. The van der Waals surface area contributed by atoms with E-state index in [2.05, 4.69) is 0 Å². The zero-order chi connectivity index (χ0) is 17.0. The van der Waals surface area contributed by atoms with E-state index in [4.69, 9.17) is 0 Å². The van der Waals surface area contributed by atoms with Crippen LogP contribution >= 0.6 is 0 Å². The SMILES string of the molecule is CCN(C)S(=O)(=O)N1C[C@@H]2CN(C(=O)C3CC3)C[C@]2(C(=O)O)C1. The van der Waals surface area contributed by atoms with Crippen molar-refractivity contribution >= 4 is 22.1 Å². The molecule has 2 heterocycles. The Hall–Kier alpha value is -1.19. The van der Waals surface area contributed by atoms with Gasteiger partial charge in [0.1, 0.15) is 5.41 Å². The van der Waals surface area contributed by atoms with Gasteiger partial charge in [-0.3, -0.25) is 9.59 Å². The summed E-state index contributed by atoms with van der Waals surface area (Å²) in [7, 11) is -2.16. The summed E-state index contributed by atoms with van der Waals surface area (Å²) in [5.74, 6) is -1.28. The molecule has 0 bridgehead atoms. The molecule has 23 heavy (non-hydrogen) atoms. The van der Waals surface area contributed by atoms with Crippen LogP contribution in [0.25, 0.3) is 0 Å². The van der Waals surface area contributed by atoms with Crippen molar-refractivity contribution in [3.63, 3.8) is 0 Å². The molecule has 0 aromatic carbocycles. The fourth-order valence-electron chi connectivity index (χ4n) is 3.61. The number of carbonyl (C=O) groups excluding carboxylic acids is 1. The number of hydrogen-bond donors (Lipinski definition) is 1. The zero-order valence-electron chi connectivity index (χ0n) is 13.4. The minimum Gasteiger partial charge on any atom is -0.481 e. The molecule has 0 aromatic rings. The molecule has 0 radical (unpaired) electrons. The summed E-state index contributed by atoms with van der Waals surface area (Å²) in [6.07, 6.45) is 1.75. The van der Waals surface area contributed by atoms with Crippen molar-refractivity contribution in [2.24, 2.45) is 17.3 Å². The lowest BCUT2D eigenvalue weighted by Gasteiger charge is -2.27. The maximum absolute atomic E-state index is 12.5. The summed E-state index contributed by atoms with van der Waals surface area (Å²) in [6.45, 7) is 2.61. The van der Waals surface area contributed by atoms with Crippen molar-refractivity contribution in [3.8, 4) is 0 Å². The van der Waals surface area contributed by atoms with Gasteiger partial charge in [-0.1, -0.05) is 6.92 Å². The smallest absolute Gasteiger partial charge is 0.313 e. The highest BCUT2D eigenvalue weighted by molar-refractivity contribution is 7.86. The topological polar surface area (TPSA) is 98.2 Å². The molecule has 1 saturated carbocycles. The lowest BCUT2D eigenvalue weighted by atomic mass is 9.81. The molecule has 9 heteroatoms. The maximum atomic E-state index is 12.5. The highest BCUT2D eigenvalue weighted by atomic mass is 32.2. The summed E-state index contributed by atoms with van der Waals surface area (Å²) < 4.78 is 27.4. The molecule has 130 valence electrons. The number of carboxylic acid groups (broad SMARTS) is 1. The van der Waals surface area contributed by atoms with Crippen LogP contribution in [0.3, 0.4) is 0 Å². The number of likely N-dealkylation sites (tertiary alicyclic amines) is 1. The molecule has 8 nitrogen and oxygen atoms in total. The van der Waals surface area contributed by atoms with Crippen LogP contribution in [0.5, 0.6) is 0 Å². The van der Waals surface area contributed by atoms with Crippen molar-refractivity contribution in [2.45, 2.75) is 19.8 Å². The predicted molar refractivity (Wildman–Crippen MR) is 81.7 cm³/mol. The Balaban J connectivity index is 1.81. The molecule has 1 N–H and O–H groups in total. The second-order valence-electron chi connectivity index (χ2n) is 6.87. The molecule has 2 saturated heterocycles. The summed E-state index contributed by atoms with van der Waals surface area (Å²) in [6, 6.07) is 0. The highest BCUT2D eigenvalue weighted by Crippen LogP contribution is 2.45. The Kier molecular flexibility index (Phi) is 3.93. The first-order valence-corrected chi connectivity index (χ1v) is 9.35. The molecular formula is C14H23N3O5S. The third-order valence-electron chi connectivity index (χ3n) is 5.41. The largest absolute Gasteiger partial charge is 0.481 e. The third-order valence-corrected chi connectivity index (χ3v) is 7.38. The average Bonchev–Trinajstić information content (AvgIpc) is 3.17. The second kappa shape index (κ2) is 5.42. The van der Waals surface area contributed by atoms with Crippen LogP contribution in [0, 0.1) is 17.3 Å². The minimum absolute atomic E-state index is 0.0279. The molecule has 2 aliphatic heterocycles. The molecule has 3 rings (SSSR count). The van der Waals surface area contributed by atoms with Crippen molar-refractivity contribution in [1.82, 2.24) is 13.5 Å². The lowest BCUT2D eigenvalue weighted by molar-refractivity contribution is -0.149. The Morgan fingerprint density at radius 1 is 1.26 bits per heavy atom. The number of rotatable bonds is 5. The van der Waals surface area contributed by atoms with Gasteiger partial charge in [0.15, 0.2) is 0 Å². The number of fused-ring (bicyclic) bond motifs is 1. The molecule has 3 fully saturated rings. The van der Waals surface area contributed by atoms with Gasteiger partial charge in [-0.2, -0.15) is 17.0 Å². The summed E-state index contributed by atoms with van der Waals surface area (Å²) in [4.78, 5) is 25.8. The number of carbonyl (C=O) groups is 2. The van der Waals surface area contributed by atoms with E-state index >= 15 is 0 Å². The number of hydrogen-bond acceptors (Lipinski definition) is 4. The monoisotopic (exact) mass is 345 g/mol. The van der Waals surface area contributed by atoms with Crippen molar-refractivity contribution in [3.05, 3.63) is 0 Å². The molecule has 2 atom stereocenters. The quantitative estimate of drug-likeness (QED) is 0.720. The first kappa shape index (κ1) is 16.7. The normalized spacial score (nSPS) is 31.6. The van der Waals surface area contributed by atoms with Crippen LogP contribution in [0.2, 0.25) is 0 Å². The van der Waals surface area contributed by atoms with Gasteiger partial charge < -0.3 is 10.0 Å². The third kappa shape index (κ3) is 2.54. The van der Waals surface area contributed by atoms with Gasteiger partial charge in [-0.25, -0.2) is 0 Å². The standard InChI is InChI=1S/C14H23N3O5S/c1-3-15(2)23(21,22)17-7-11-6-16(12(18)10-4-5-10)8-14(11,9-17)13(19)20/h10-11H,3-9H2,1-2H3,(H,19,20)/t11-,14-/m0/s1. The van der Waals surface area contributed by atoms with Gasteiger partial charge in [-0.15, -0.1) is 0 Å². The minimum atomic E-state index is -3.64. The number of amides is 1. The van der Waals surface area contributed by atoms with Gasteiger partial charge in [0.2, 0.25) is 5.91 Å². The van der Waals surface area contributed by atoms with Crippen LogP contribution in [0.15, 0.2) is 0 Å². The molecule has 1 amide bonds. The fourth-order valence-corrected chi connectivity index (χ4v) is 5.10.